The predicted molar refractivity (Wildman–Crippen MR) is 54.3 cm³/mol. The maximum atomic E-state index is 10.6. The lowest BCUT2D eigenvalue weighted by atomic mass is 10.3. The number of hydrogen-bond acceptors (Lipinski definition) is 3. The summed E-state index contributed by atoms with van der Waals surface area (Å²) in [7, 11) is 0. The maximum absolute atomic E-state index is 10.6. The van der Waals surface area contributed by atoms with Gasteiger partial charge in [0, 0.05) is 6.07 Å². The number of aryl methyl sites for hydroxylation is 1. The quantitative estimate of drug-likeness (QED) is 0.581. The number of halogens is 1. The molecule has 0 spiro atoms. The van der Waals surface area contributed by atoms with E-state index in [1.54, 1.807) is 12.3 Å². The van der Waals surface area contributed by atoms with E-state index in [4.69, 9.17) is 0 Å². The van der Waals surface area contributed by atoms with Gasteiger partial charge < -0.3 is 10.1 Å². The number of pyridine rings is 1. The largest absolute Gasteiger partial charge is 0.358 e. The van der Waals surface area contributed by atoms with Crippen LogP contribution >= 0.6 is 15.9 Å². The van der Waals surface area contributed by atoms with Crippen molar-refractivity contribution in [1.29, 1.82) is 0 Å². The topological polar surface area (TPSA) is 60.4 Å². The second kappa shape index (κ2) is 3.06. The summed E-state index contributed by atoms with van der Waals surface area (Å²) in [5.41, 5.74) is 1.58. The van der Waals surface area contributed by atoms with E-state index in [0.717, 1.165) is 10.0 Å². The average Bonchev–Trinajstić information content (AvgIpc) is 2.48. The van der Waals surface area contributed by atoms with Crippen molar-refractivity contribution in [2.75, 3.05) is 0 Å². The number of fused-ring (bicyclic) bond motifs is 1. The summed E-state index contributed by atoms with van der Waals surface area (Å²) in [6, 6.07) is 1.79. The molecule has 72 valence electrons. The highest BCUT2D eigenvalue weighted by atomic mass is 79.9. The molecule has 0 aromatic carbocycles. The fraction of sp³-hybridized carbons (Fsp3) is 0.125. The van der Waals surface area contributed by atoms with E-state index in [1.807, 2.05) is 6.92 Å². The monoisotopic (exact) mass is 255 g/mol. The summed E-state index contributed by atoms with van der Waals surface area (Å²) < 4.78 is 2.27. The molecule has 0 aliphatic heterocycles. The predicted octanol–water partition coefficient (Wildman–Crippen LogP) is 2.31. The molecule has 0 saturated heterocycles. The molecule has 0 saturated carbocycles. The minimum atomic E-state index is -0.457. The Morgan fingerprint density at radius 1 is 1.64 bits per heavy atom. The normalized spacial score (nSPS) is 10.7. The molecule has 0 fully saturated rings. The zero-order valence-electron chi connectivity index (χ0n) is 7.27. The van der Waals surface area contributed by atoms with Crippen LogP contribution in [0.2, 0.25) is 0 Å². The standard InChI is InChI=1S/C8H6BrN3O2/c1-5-2-7-10-3-8(12(13)14)11(7)4-6(5)9/h2-4H,1H3. The van der Waals surface area contributed by atoms with Crippen LogP contribution in [0.4, 0.5) is 5.82 Å². The van der Waals surface area contributed by atoms with Gasteiger partial charge in [0.25, 0.3) is 0 Å². The van der Waals surface area contributed by atoms with Gasteiger partial charge in [-0.05, 0) is 33.3 Å². The van der Waals surface area contributed by atoms with Gasteiger partial charge in [0.05, 0.1) is 4.47 Å². The third-order valence-electron chi connectivity index (χ3n) is 1.96. The van der Waals surface area contributed by atoms with E-state index in [-0.39, 0.29) is 5.82 Å². The Morgan fingerprint density at radius 3 is 3.00 bits per heavy atom. The lowest BCUT2D eigenvalue weighted by molar-refractivity contribution is -0.390. The molecule has 6 heteroatoms. The first-order chi connectivity index (χ1) is 6.59. The van der Waals surface area contributed by atoms with Crippen LogP contribution < -0.4 is 0 Å². The van der Waals surface area contributed by atoms with Crippen molar-refractivity contribution in [3.05, 3.63) is 38.6 Å². The second-order valence-electron chi connectivity index (χ2n) is 2.91. The molecule has 0 atom stereocenters. The number of nitro groups is 1. The number of nitrogens with zero attached hydrogens (tertiary/aromatic N) is 3. The molecule has 2 rings (SSSR count). The number of hydrogen-bond donors (Lipinski definition) is 0. The van der Waals surface area contributed by atoms with Gasteiger partial charge in [-0.25, -0.2) is 4.98 Å². The average molecular weight is 256 g/mol. The molecule has 0 aliphatic rings. The van der Waals surface area contributed by atoms with Gasteiger partial charge in [-0.3, -0.25) is 0 Å². The van der Waals surface area contributed by atoms with Crippen molar-refractivity contribution in [3.8, 4) is 0 Å². The van der Waals surface area contributed by atoms with Crippen LogP contribution in [0.15, 0.2) is 22.9 Å². The van der Waals surface area contributed by atoms with Crippen LogP contribution in [0.5, 0.6) is 0 Å². The molecule has 2 aromatic heterocycles. The Hall–Kier alpha value is -1.43. The maximum Gasteiger partial charge on any atom is 0.347 e. The first kappa shape index (κ1) is 9.14. The first-order valence-corrected chi connectivity index (χ1v) is 4.66. The van der Waals surface area contributed by atoms with E-state index >= 15 is 0 Å². The van der Waals surface area contributed by atoms with Crippen molar-refractivity contribution in [3.63, 3.8) is 0 Å². The molecule has 0 N–H and O–H groups in total. The Morgan fingerprint density at radius 2 is 2.36 bits per heavy atom. The lowest BCUT2D eigenvalue weighted by Crippen LogP contribution is -1.94. The fourth-order valence-corrected chi connectivity index (χ4v) is 1.54. The Bertz CT molecular complexity index is 521. The van der Waals surface area contributed by atoms with E-state index in [0.29, 0.717) is 5.65 Å². The minimum Gasteiger partial charge on any atom is -0.358 e. The van der Waals surface area contributed by atoms with Gasteiger partial charge in [-0.2, -0.15) is 4.40 Å². The van der Waals surface area contributed by atoms with Crippen LogP contribution in [0.1, 0.15) is 5.56 Å². The molecule has 0 unspecified atom stereocenters. The molecular formula is C8H6BrN3O2. The van der Waals surface area contributed by atoms with Crippen LogP contribution in [-0.4, -0.2) is 14.3 Å². The second-order valence-corrected chi connectivity index (χ2v) is 3.76. The summed E-state index contributed by atoms with van der Waals surface area (Å²) in [6.07, 6.45) is 2.90. The Balaban J connectivity index is 2.80. The zero-order valence-corrected chi connectivity index (χ0v) is 8.85. The van der Waals surface area contributed by atoms with Crippen molar-refractivity contribution in [2.45, 2.75) is 6.92 Å². The number of rotatable bonds is 1. The molecule has 2 heterocycles. The number of imidazole rings is 1. The fourth-order valence-electron chi connectivity index (χ4n) is 1.22. The summed E-state index contributed by atoms with van der Waals surface area (Å²) >= 11 is 3.31. The molecule has 0 bridgehead atoms. The zero-order chi connectivity index (χ0) is 10.3. The van der Waals surface area contributed by atoms with Gasteiger partial charge in [0.1, 0.15) is 12.4 Å². The molecule has 14 heavy (non-hydrogen) atoms. The van der Waals surface area contributed by atoms with Gasteiger partial charge in [0.2, 0.25) is 5.65 Å². The van der Waals surface area contributed by atoms with Crippen molar-refractivity contribution >= 4 is 27.4 Å². The van der Waals surface area contributed by atoms with E-state index in [1.165, 1.54) is 10.6 Å². The lowest BCUT2D eigenvalue weighted by Gasteiger charge is -1.96. The molecule has 0 amide bonds. The Kier molecular flexibility index (Phi) is 1.99. The van der Waals surface area contributed by atoms with Gasteiger partial charge in [-0.15, -0.1) is 0 Å². The van der Waals surface area contributed by atoms with Gasteiger partial charge >= 0.3 is 5.82 Å². The third-order valence-corrected chi connectivity index (χ3v) is 2.79. The summed E-state index contributed by atoms with van der Waals surface area (Å²) in [5.74, 6) is -0.0271. The molecule has 2 aromatic rings. The van der Waals surface area contributed by atoms with Gasteiger partial charge in [-0.1, -0.05) is 0 Å². The number of aromatic nitrogens is 2. The van der Waals surface area contributed by atoms with Crippen LogP contribution in [0.3, 0.4) is 0 Å². The van der Waals surface area contributed by atoms with Crippen molar-refractivity contribution < 1.29 is 4.92 Å². The van der Waals surface area contributed by atoms with Crippen molar-refractivity contribution in [1.82, 2.24) is 9.38 Å². The minimum absolute atomic E-state index is 0.0271. The van der Waals surface area contributed by atoms with Crippen LogP contribution in [0.25, 0.3) is 5.65 Å². The molecular weight excluding hydrogens is 250 g/mol. The van der Waals surface area contributed by atoms with E-state index in [2.05, 4.69) is 20.9 Å². The summed E-state index contributed by atoms with van der Waals surface area (Å²) in [6.45, 7) is 1.91. The highest BCUT2D eigenvalue weighted by molar-refractivity contribution is 9.10. The van der Waals surface area contributed by atoms with Crippen LogP contribution in [0, 0.1) is 17.0 Å². The highest BCUT2D eigenvalue weighted by Gasteiger charge is 2.14. The summed E-state index contributed by atoms with van der Waals surface area (Å²) in [4.78, 5) is 14.1. The van der Waals surface area contributed by atoms with Crippen molar-refractivity contribution in [2.24, 2.45) is 0 Å². The molecule has 0 radical (unpaired) electrons. The van der Waals surface area contributed by atoms with E-state index in [9.17, 15) is 10.1 Å². The van der Waals surface area contributed by atoms with Crippen LogP contribution in [-0.2, 0) is 0 Å². The third kappa shape index (κ3) is 1.27. The summed E-state index contributed by atoms with van der Waals surface area (Å²) in [5, 5.41) is 10.6. The molecule has 0 aliphatic carbocycles. The van der Waals surface area contributed by atoms with Gasteiger partial charge in [0.15, 0.2) is 0 Å². The SMILES string of the molecule is Cc1cc2ncc([N+](=O)[O-])n2cc1Br. The highest BCUT2D eigenvalue weighted by Crippen LogP contribution is 2.21. The smallest absolute Gasteiger partial charge is 0.347 e. The van der Waals surface area contributed by atoms with E-state index < -0.39 is 4.92 Å². The molecule has 5 nitrogen and oxygen atoms in total. The Labute approximate surface area is 87.7 Å². The first-order valence-electron chi connectivity index (χ1n) is 3.87.